The van der Waals surface area contributed by atoms with Crippen molar-refractivity contribution in [1.29, 1.82) is 0 Å². The Morgan fingerprint density at radius 3 is 2.77 bits per heavy atom. The Hall–Kier alpha value is -2.93. The summed E-state index contributed by atoms with van der Waals surface area (Å²) in [6.45, 7) is 8.46. The van der Waals surface area contributed by atoms with Crippen molar-refractivity contribution in [3.05, 3.63) is 42.1 Å². The minimum absolute atomic E-state index is 0.144. The summed E-state index contributed by atoms with van der Waals surface area (Å²) in [5, 5.41) is 9.33. The van der Waals surface area contributed by atoms with Gasteiger partial charge in [0.2, 0.25) is 0 Å². The minimum Gasteiger partial charge on any atom is -0.478 e. The van der Waals surface area contributed by atoms with Crippen LogP contribution in [0.5, 0.6) is 0 Å². The molecule has 7 heteroatoms. The number of rotatable bonds is 7. The summed E-state index contributed by atoms with van der Waals surface area (Å²) in [6.07, 6.45) is 4.40. The zero-order valence-electron chi connectivity index (χ0n) is 17.7. The molecule has 0 bridgehead atoms. The maximum absolute atomic E-state index is 11.4. The summed E-state index contributed by atoms with van der Waals surface area (Å²) in [7, 11) is 0. The van der Waals surface area contributed by atoms with E-state index in [0.717, 1.165) is 29.3 Å². The molecule has 1 N–H and O–H groups in total. The van der Waals surface area contributed by atoms with Crippen LogP contribution in [-0.4, -0.2) is 50.9 Å². The molecule has 30 heavy (non-hydrogen) atoms. The molecule has 3 heterocycles. The zero-order valence-corrected chi connectivity index (χ0v) is 17.7. The van der Waals surface area contributed by atoms with E-state index in [1.165, 1.54) is 12.8 Å². The van der Waals surface area contributed by atoms with E-state index in [9.17, 15) is 9.90 Å². The van der Waals surface area contributed by atoms with Gasteiger partial charge in [-0.15, -0.1) is 0 Å². The lowest BCUT2D eigenvalue weighted by Crippen LogP contribution is -2.26. The lowest BCUT2D eigenvalue weighted by molar-refractivity contribution is 0.0696. The van der Waals surface area contributed by atoms with E-state index in [1.54, 1.807) is 12.1 Å². The second kappa shape index (κ2) is 8.44. The average molecular weight is 409 g/mol. The van der Waals surface area contributed by atoms with Crippen molar-refractivity contribution < 1.29 is 14.6 Å². The van der Waals surface area contributed by atoms with Crippen LogP contribution in [0.1, 0.15) is 44.0 Å². The molecule has 158 valence electrons. The number of fused-ring (bicyclic) bond motifs is 1. The number of ether oxygens (including phenoxy) is 1. The van der Waals surface area contributed by atoms with Gasteiger partial charge in [0.1, 0.15) is 11.6 Å². The Bertz CT molecular complexity index is 1040. The highest BCUT2D eigenvalue weighted by molar-refractivity contribution is 5.93. The Balaban J connectivity index is 1.71. The van der Waals surface area contributed by atoms with Gasteiger partial charge in [0.05, 0.1) is 29.3 Å². The van der Waals surface area contributed by atoms with Crippen LogP contribution < -0.4 is 4.90 Å². The predicted molar refractivity (Wildman–Crippen MR) is 117 cm³/mol. The number of imidazole rings is 1. The fourth-order valence-corrected chi connectivity index (χ4v) is 4.05. The fraction of sp³-hybridized carbons (Fsp3) is 0.435. The standard InChI is InChI=1S/C23H28N4O3/c1-15(2)30-12-11-27-20-8-6-17(23(28)29)13-19(20)25-22(27)18-7-9-21(24-14-18)26-10-4-5-16(26)3/h6-9,13-16H,4-5,10-12H2,1-3H3,(H,28,29)/t16-/m0/s1. The molecular weight excluding hydrogens is 380 g/mol. The van der Waals surface area contributed by atoms with E-state index in [0.29, 0.717) is 24.7 Å². The van der Waals surface area contributed by atoms with Crippen LogP contribution in [0.3, 0.4) is 0 Å². The van der Waals surface area contributed by atoms with Gasteiger partial charge in [0.25, 0.3) is 0 Å². The third-order valence-corrected chi connectivity index (χ3v) is 5.61. The van der Waals surface area contributed by atoms with Gasteiger partial charge in [0.15, 0.2) is 0 Å². The number of hydrogen-bond acceptors (Lipinski definition) is 5. The molecule has 0 amide bonds. The Morgan fingerprint density at radius 1 is 1.30 bits per heavy atom. The van der Waals surface area contributed by atoms with Crippen LogP contribution in [0.4, 0.5) is 5.82 Å². The first kappa shape index (κ1) is 20.3. The number of pyridine rings is 1. The topological polar surface area (TPSA) is 80.5 Å². The van der Waals surface area contributed by atoms with E-state index in [-0.39, 0.29) is 11.7 Å². The number of carboxylic acids is 1. The SMILES string of the molecule is CC(C)OCCn1c(-c2ccc(N3CCC[C@@H]3C)nc2)nc2cc(C(=O)O)ccc21. The van der Waals surface area contributed by atoms with E-state index in [1.807, 2.05) is 38.2 Å². The van der Waals surface area contributed by atoms with Crippen molar-refractivity contribution in [2.24, 2.45) is 0 Å². The highest BCUT2D eigenvalue weighted by Gasteiger charge is 2.22. The van der Waals surface area contributed by atoms with Gasteiger partial charge in [-0.1, -0.05) is 0 Å². The van der Waals surface area contributed by atoms with Crippen LogP contribution in [0, 0.1) is 0 Å². The smallest absolute Gasteiger partial charge is 0.335 e. The van der Waals surface area contributed by atoms with Crippen LogP contribution in [0.2, 0.25) is 0 Å². The van der Waals surface area contributed by atoms with Gasteiger partial charge in [-0.05, 0) is 63.9 Å². The first-order chi connectivity index (χ1) is 14.4. The number of carbonyl (C=O) groups is 1. The molecule has 1 aromatic carbocycles. The van der Waals surface area contributed by atoms with E-state index in [4.69, 9.17) is 14.7 Å². The number of aromatic carboxylic acids is 1. The molecule has 0 spiro atoms. The largest absolute Gasteiger partial charge is 0.478 e. The summed E-state index contributed by atoms with van der Waals surface area (Å²) in [6, 6.07) is 9.66. The highest BCUT2D eigenvalue weighted by Crippen LogP contribution is 2.28. The molecule has 0 radical (unpaired) electrons. The average Bonchev–Trinajstić information content (AvgIpc) is 3.31. The number of anilines is 1. The molecule has 0 unspecified atom stereocenters. The van der Waals surface area contributed by atoms with Crippen LogP contribution in [0.25, 0.3) is 22.4 Å². The Labute approximate surface area is 176 Å². The van der Waals surface area contributed by atoms with E-state index < -0.39 is 5.97 Å². The van der Waals surface area contributed by atoms with Gasteiger partial charge < -0.3 is 19.3 Å². The summed E-state index contributed by atoms with van der Waals surface area (Å²) in [5.41, 5.74) is 2.68. The van der Waals surface area contributed by atoms with Crippen molar-refractivity contribution in [2.45, 2.75) is 52.3 Å². The van der Waals surface area contributed by atoms with Crippen molar-refractivity contribution >= 4 is 22.8 Å². The molecule has 0 saturated carbocycles. The van der Waals surface area contributed by atoms with Gasteiger partial charge >= 0.3 is 5.97 Å². The maximum atomic E-state index is 11.4. The molecule has 4 rings (SSSR count). The number of carboxylic acid groups (broad SMARTS) is 1. The van der Waals surface area contributed by atoms with Crippen molar-refractivity contribution in [3.63, 3.8) is 0 Å². The lowest BCUT2D eigenvalue weighted by atomic mass is 10.2. The normalized spacial score (nSPS) is 16.7. The van der Waals surface area contributed by atoms with Crippen molar-refractivity contribution in [3.8, 4) is 11.4 Å². The first-order valence-electron chi connectivity index (χ1n) is 10.5. The number of nitrogens with zero attached hydrogens (tertiary/aromatic N) is 4. The molecule has 0 aliphatic carbocycles. The fourth-order valence-electron chi connectivity index (χ4n) is 4.05. The second-order valence-electron chi connectivity index (χ2n) is 8.10. The first-order valence-corrected chi connectivity index (χ1v) is 10.5. The van der Waals surface area contributed by atoms with Gasteiger partial charge in [0, 0.05) is 30.9 Å². The summed E-state index contributed by atoms with van der Waals surface area (Å²) in [5.74, 6) is 0.804. The van der Waals surface area contributed by atoms with Gasteiger partial charge in [-0.2, -0.15) is 0 Å². The van der Waals surface area contributed by atoms with Gasteiger partial charge in [-0.25, -0.2) is 14.8 Å². The van der Waals surface area contributed by atoms with Crippen LogP contribution in [0.15, 0.2) is 36.5 Å². The quantitative estimate of drug-likeness (QED) is 0.631. The molecular formula is C23H28N4O3. The van der Waals surface area contributed by atoms with Crippen LogP contribution in [-0.2, 0) is 11.3 Å². The van der Waals surface area contributed by atoms with Crippen molar-refractivity contribution in [1.82, 2.24) is 14.5 Å². The molecule has 3 aromatic rings. The van der Waals surface area contributed by atoms with Gasteiger partial charge in [-0.3, -0.25) is 0 Å². The van der Waals surface area contributed by atoms with Crippen LogP contribution >= 0.6 is 0 Å². The third kappa shape index (κ3) is 4.03. The summed E-state index contributed by atoms with van der Waals surface area (Å²) >= 11 is 0. The molecule has 1 saturated heterocycles. The van der Waals surface area contributed by atoms with Crippen molar-refractivity contribution in [2.75, 3.05) is 18.1 Å². The third-order valence-electron chi connectivity index (χ3n) is 5.61. The number of aromatic nitrogens is 3. The molecule has 1 aliphatic rings. The van der Waals surface area contributed by atoms with E-state index >= 15 is 0 Å². The molecule has 2 aromatic heterocycles. The summed E-state index contributed by atoms with van der Waals surface area (Å²) in [4.78, 5) is 23.2. The molecule has 1 fully saturated rings. The minimum atomic E-state index is -0.957. The lowest BCUT2D eigenvalue weighted by Gasteiger charge is -2.22. The highest BCUT2D eigenvalue weighted by atomic mass is 16.5. The second-order valence-corrected chi connectivity index (χ2v) is 8.10. The molecule has 1 aliphatic heterocycles. The summed E-state index contributed by atoms with van der Waals surface area (Å²) < 4.78 is 7.83. The molecule has 1 atom stereocenters. The number of benzene rings is 1. The zero-order chi connectivity index (χ0) is 21.3. The Morgan fingerprint density at radius 2 is 2.13 bits per heavy atom. The Kier molecular flexibility index (Phi) is 5.72. The monoisotopic (exact) mass is 408 g/mol. The maximum Gasteiger partial charge on any atom is 0.335 e. The van der Waals surface area contributed by atoms with E-state index in [2.05, 4.69) is 16.4 Å². The number of hydrogen-bond donors (Lipinski definition) is 1. The predicted octanol–water partition coefficient (Wildman–Crippen LogP) is 4.21. The molecule has 7 nitrogen and oxygen atoms in total.